The van der Waals surface area contributed by atoms with Crippen LogP contribution in [0.15, 0.2) is 33.9 Å². The van der Waals surface area contributed by atoms with Gasteiger partial charge in [0.25, 0.3) is 5.91 Å². The van der Waals surface area contributed by atoms with Crippen molar-refractivity contribution in [3.63, 3.8) is 0 Å². The fraction of sp³-hybridized carbons (Fsp3) is 0.375. The predicted molar refractivity (Wildman–Crippen MR) is 113 cm³/mol. The number of rotatable bonds is 7. The molecule has 1 fully saturated rings. The topological polar surface area (TPSA) is 133 Å². The van der Waals surface area contributed by atoms with E-state index in [1.165, 1.54) is 44.4 Å². The number of nitrogens with zero attached hydrogens (tertiary/aromatic N) is 5. The predicted octanol–water partition coefficient (Wildman–Crippen LogP) is -0.0962. The first-order chi connectivity index (χ1) is 14.4. The van der Waals surface area contributed by atoms with Crippen molar-refractivity contribution >= 4 is 68.6 Å². The summed E-state index contributed by atoms with van der Waals surface area (Å²) < 4.78 is 1.48. The summed E-state index contributed by atoms with van der Waals surface area (Å²) in [6.45, 7) is 0. The minimum Gasteiger partial charge on any atom is -0.543 e. The Morgan fingerprint density at radius 3 is 2.93 bits per heavy atom. The molecule has 3 unspecified atom stereocenters. The highest BCUT2D eigenvalue weighted by Gasteiger charge is 2.53. The van der Waals surface area contributed by atoms with Crippen molar-refractivity contribution in [2.24, 2.45) is 7.05 Å². The number of thioether (sulfide) groups is 2. The molecule has 0 aromatic carbocycles. The lowest BCUT2D eigenvalue weighted by Gasteiger charge is -2.51. The normalized spacial score (nSPS) is 21.8. The molecule has 0 saturated carbocycles. The summed E-state index contributed by atoms with van der Waals surface area (Å²) in [7, 11) is 1.68. The summed E-state index contributed by atoms with van der Waals surface area (Å²) in [5, 5.41) is 27.6. The van der Waals surface area contributed by atoms with Gasteiger partial charge in [-0.2, -0.15) is 0 Å². The Labute approximate surface area is 191 Å². The zero-order valence-electron chi connectivity index (χ0n) is 15.4. The van der Waals surface area contributed by atoms with Crippen LogP contribution in [0.5, 0.6) is 0 Å². The second kappa shape index (κ2) is 8.69. The highest BCUT2D eigenvalue weighted by Crippen LogP contribution is 2.41. The van der Waals surface area contributed by atoms with Crippen LogP contribution in [0, 0.1) is 0 Å². The van der Waals surface area contributed by atoms with Crippen LogP contribution in [0.1, 0.15) is 9.70 Å². The van der Waals surface area contributed by atoms with Crippen LogP contribution in [0.25, 0.3) is 0 Å². The molecule has 0 radical (unpaired) electrons. The van der Waals surface area contributed by atoms with E-state index < -0.39 is 28.1 Å². The van der Waals surface area contributed by atoms with Crippen molar-refractivity contribution in [1.82, 2.24) is 30.4 Å². The third kappa shape index (κ3) is 3.88. The minimum atomic E-state index is -1.41. The van der Waals surface area contributed by atoms with E-state index in [-0.39, 0.29) is 11.6 Å². The Balaban J connectivity index is 1.46. The number of carboxylic acids is 1. The van der Waals surface area contributed by atoms with Crippen LogP contribution in [0.2, 0.25) is 0 Å². The molecule has 4 rings (SSSR count). The summed E-state index contributed by atoms with van der Waals surface area (Å²) in [6, 6.07) is 2.87. The molecule has 0 aliphatic carbocycles. The van der Waals surface area contributed by atoms with Crippen molar-refractivity contribution < 1.29 is 19.5 Å². The molecule has 2 aromatic rings. The van der Waals surface area contributed by atoms with E-state index in [0.29, 0.717) is 22.2 Å². The van der Waals surface area contributed by atoms with Crippen LogP contribution < -0.4 is 10.4 Å². The largest absolute Gasteiger partial charge is 0.543 e. The van der Waals surface area contributed by atoms with Crippen molar-refractivity contribution in [1.29, 1.82) is 0 Å². The number of aliphatic carboxylic acids is 1. The van der Waals surface area contributed by atoms with Gasteiger partial charge in [-0.1, -0.05) is 33.8 Å². The Bertz CT molecular complexity index is 1030. The molecule has 1 N–H and O–H groups in total. The van der Waals surface area contributed by atoms with Gasteiger partial charge in [0.15, 0.2) is 0 Å². The zero-order valence-corrected chi connectivity index (χ0v) is 19.4. The third-order valence-electron chi connectivity index (χ3n) is 4.52. The Hall–Kier alpha value is -1.90. The van der Waals surface area contributed by atoms with Crippen molar-refractivity contribution in [2.45, 2.75) is 21.4 Å². The summed E-state index contributed by atoms with van der Waals surface area (Å²) in [4.78, 5) is 38.5. The number of hydrogen-bond acceptors (Lipinski definition) is 10. The number of nitrogens with one attached hydrogen (secondary N) is 1. The number of aromatic nitrogens is 4. The molecule has 4 heterocycles. The van der Waals surface area contributed by atoms with Crippen molar-refractivity contribution in [3.05, 3.63) is 33.7 Å². The number of aryl methyl sites for hydroxylation is 1. The molecule has 1 saturated heterocycles. The van der Waals surface area contributed by atoms with Gasteiger partial charge in [0.1, 0.15) is 16.2 Å². The lowest BCUT2D eigenvalue weighted by Crippen LogP contribution is -2.71. The molecule has 10 nitrogen and oxygen atoms in total. The molecule has 2 amide bonds. The molecule has 2 aliphatic heterocycles. The number of fused-ring (bicyclic) bond motifs is 1. The second-order valence-corrected chi connectivity index (χ2v) is 10.3. The van der Waals surface area contributed by atoms with Gasteiger partial charge in [-0.3, -0.25) is 14.5 Å². The number of tetrazole rings is 1. The molecule has 14 heteroatoms. The number of halogens is 1. The van der Waals surface area contributed by atoms with Crippen LogP contribution in [-0.2, 0) is 21.4 Å². The highest BCUT2D eigenvalue weighted by atomic mass is 79.9. The van der Waals surface area contributed by atoms with Gasteiger partial charge in [-0.25, -0.2) is 4.68 Å². The van der Waals surface area contributed by atoms with Gasteiger partial charge < -0.3 is 15.2 Å². The number of carboxylic acid groups (broad SMARTS) is 1. The number of alkyl halides is 1. The van der Waals surface area contributed by atoms with E-state index in [4.69, 9.17) is 0 Å². The zero-order chi connectivity index (χ0) is 21.4. The Kier molecular flexibility index (Phi) is 6.18. The average molecular weight is 530 g/mol. The molecule has 2 aliphatic rings. The lowest BCUT2D eigenvalue weighted by molar-refractivity contribution is -0.301. The van der Waals surface area contributed by atoms with E-state index >= 15 is 0 Å². The van der Waals surface area contributed by atoms with Crippen LogP contribution in [0.3, 0.4) is 0 Å². The summed E-state index contributed by atoms with van der Waals surface area (Å²) in [6.07, 6.45) is 0. The number of amides is 2. The van der Waals surface area contributed by atoms with Crippen molar-refractivity contribution in [3.8, 4) is 0 Å². The average Bonchev–Trinajstić information content (AvgIpc) is 3.40. The van der Waals surface area contributed by atoms with E-state index in [1.54, 1.807) is 7.05 Å². The van der Waals surface area contributed by atoms with E-state index in [2.05, 4.69) is 36.8 Å². The van der Waals surface area contributed by atoms with Gasteiger partial charge in [0, 0.05) is 23.4 Å². The molecule has 2 aromatic heterocycles. The van der Waals surface area contributed by atoms with Crippen LogP contribution in [0.4, 0.5) is 0 Å². The Morgan fingerprint density at radius 2 is 2.30 bits per heavy atom. The van der Waals surface area contributed by atoms with Gasteiger partial charge in [-0.15, -0.1) is 28.2 Å². The number of hydrogen-bond donors (Lipinski definition) is 1. The summed E-state index contributed by atoms with van der Waals surface area (Å²) in [5.41, 5.74) is 0.421. The van der Waals surface area contributed by atoms with E-state index in [0.717, 1.165) is 4.88 Å². The molecular formula is C16H14BrN6O4S3-. The number of β-lactam (4-membered cyclic amide) rings is 1. The fourth-order valence-electron chi connectivity index (χ4n) is 3.07. The van der Waals surface area contributed by atoms with Crippen molar-refractivity contribution in [2.75, 3.05) is 11.5 Å². The second-order valence-electron chi connectivity index (χ2n) is 6.39. The molecule has 30 heavy (non-hydrogen) atoms. The number of carbonyl (C=O) groups excluding carboxylic acids is 3. The first-order valence-corrected chi connectivity index (χ1v) is 12.4. The van der Waals surface area contributed by atoms with Gasteiger partial charge >= 0.3 is 0 Å². The van der Waals surface area contributed by atoms with Gasteiger partial charge in [-0.05, 0) is 27.4 Å². The standard InChI is InChI=1S/C16H15BrN6O4S3/c1-22-16(19-20-21-22)30-6-7-5-29-14-10(13(25)23(14)11(7)15(26)27)18-12(24)9(17)8-3-2-4-28-8/h2-4,9-10,14H,5-6H2,1H3,(H,18,24)(H,26,27)/p-1. The van der Waals surface area contributed by atoms with E-state index in [1.807, 2.05) is 17.5 Å². The van der Waals surface area contributed by atoms with E-state index in [9.17, 15) is 19.5 Å². The summed E-state index contributed by atoms with van der Waals surface area (Å²) >= 11 is 7.45. The lowest BCUT2D eigenvalue weighted by atomic mass is 10.0. The molecule has 0 bridgehead atoms. The molecule has 0 spiro atoms. The maximum Gasteiger partial charge on any atom is 0.253 e. The highest BCUT2D eigenvalue weighted by molar-refractivity contribution is 9.09. The monoisotopic (exact) mass is 529 g/mol. The SMILES string of the molecule is Cn1nnnc1SCC1=C(C(=O)[O-])N2C(=O)C(NC(=O)C(Br)c3cccs3)C2SC1. The summed E-state index contributed by atoms with van der Waals surface area (Å²) in [5.74, 6) is -1.52. The first kappa shape index (κ1) is 21.3. The quantitative estimate of drug-likeness (QED) is 0.296. The number of carbonyl (C=O) groups is 3. The number of thiophene rings is 1. The first-order valence-electron chi connectivity index (χ1n) is 8.59. The Morgan fingerprint density at radius 1 is 1.50 bits per heavy atom. The van der Waals surface area contributed by atoms with Gasteiger partial charge in [0.05, 0.1) is 11.7 Å². The maximum atomic E-state index is 12.7. The third-order valence-corrected chi connectivity index (χ3v) is 9.10. The molecule has 3 atom stereocenters. The smallest absolute Gasteiger partial charge is 0.253 e. The fourth-order valence-corrected chi connectivity index (χ4v) is 6.71. The maximum absolute atomic E-state index is 12.7. The molecule has 158 valence electrons. The molecular weight excluding hydrogens is 516 g/mol. The van der Waals surface area contributed by atoms with Crippen LogP contribution >= 0.6 is 50.8 Å². The van der Waals surface area contributed by atoms with Crippen LogP contribution in [-0.4, -0.2) is 65.8 Å². The minimum absolute atomic E-state index is 0.134. The van der Waals surface area contributed by atoms with Gasteiger partial charge in [0.2, 0.25) is 11.1 Å².